The van der Waals surface area contributed by atoms with Crippen LogP contribution in [0.1, 0.15) is 31.8 Å². The molecule has 0 bridgehead atoms. The number of benzene rings is 3. The van der Waals surface area contributed by atoms with Crippen molar-refractivity contribution in [2.45, 2.75) is 13.8 Å². The van der Waals surface area contributed by atoms with E-state index in [2.05, 4.69) is 5.32 Å². The highest BCUT2D eigenvalue weighted by Crippen LogP contribution is 2.18. The molecule has 0 aliphatic carbocycles. The number of ketones is 1. The second-order valence-corrected chi connectivity index (χ2v) is 6.93. The lowest BCUT2D eigenvalue weighted by Crippen LogP contribution is -2.13. The molecule has 0 fully saturated rings. The lowest BCUT2D eigenvalue weighted by Gasteiger charge is -2.09. The van der Waals surface area contributed by atoms with Crippen molar-refractivity contribution in [3.05, 3.63) is 94.0 Å². The summed E-state index contributed by atoms with van der Waals surface area (Å²) >= 11 is 5.83. The average Bonchev–Trinajstić information content (AvgIpc) is 2.69. The molecule has 4 nitrogen and oxygen atoms in total. The van der Waals surface area contributed by atoms with Crippen LogP contribution < -0.4 is 10.1 Å². The molecule has 1 N–H and O–H groups in total. The first kappa shape index (κ1) is 19.6. The van der Waals surface area contributed by atoms with Crippen LogP contribution in [0.4, 0.5) is 5.69 Å². The van der Waals surface area contributed by atoms with Gasteiger partial charge >= 0.3 is 0 Å². The normalized spacial score (nSPS) is 10.4. The molecule has 0 saturated heterocycles. The Morgan fingerprint density at radius 1 is 0.857 bits per heavy atom. The first-order valence-corrected chi connectivity index (χ1v) is 9.20. The Hall–Kier alpha value is -3.11. The van der Waals surface area contributed by atoms with E-state index < -0.39 is 0 Å². The Morgan fingerprint density at radius 2 is 1.50 bits per heavy atom. The highest BCUT2D eigenvalue weighted by Gasteiger charge is 2.09. The van der Waals surface area contributed by atoms with Crippen molar-refractivity contribution in [1.29, 1.82) is 0 Å². The molecule has 0 aliphatic heterocycles. The fraction of sp³-hybridized carbons (Fsp3) is 0.130. The molecule has 0 aliphatic rings. The van der Waals surface area contributed by atoms with Gasteiger partial charge in [0.25, 0.3) is 5.91 Å². The molecule has 0 radical (unpaired) electrons. The van der Waals surface area contributed by atoms with E-state index in [1.807, 2.05) is 32.0 Å². The van der Waals surface area contributed by atoms with Gasteiger partial charge in [0.2, 0.25) is 0 Å². The zero-order valence-electron chi connectivity index (χ0n) is 15.7. The Labute approximate surface area is 169 Å². The molecule has 0 atom stereocenters. The van der Waals surface area contributed by atoms with E-state index >= 15 is 0 Å². The van der Waals surface area contributed by atoms with Crippen molar-refractivity contribution in [2.24, 2.45) is 0 Å². The molecule has 0 heterocycles. The van der Waals surface area contributed by atoms with Crippen LogP contribution in [-0.4, -0.2) is 18.3 Å². The van der Waals surface area contributed by atoms with Gasteiger partial charge in [-0.25, -0.2) is 0 Å². The number of carbonyl (C=O) groups is 2. The SMILES string of the molecule is Cc1ccc(C(=O)COc2ccc(NC(=O)c3ccc(Cl)cc3)cc2)cc1C. The number of nitrogens with one attached hydrogen (secondary N) is 1. The van der Waals surface area contributed by atoms with Gasteiger partial charge in [0.05, 0.1) is 0 Å². The predicted molar refractivity (Wildman–Crippen MR) is 112 cm³/mol. The number of amides is 1. The predicted octanol–water partition coefficient (Wildman–Crippen LogP) is 5.47. The lowest BCUT2D eigenvalue weighted by atomic mass is 10.0. The van der Waals surface area contributed by atoms with Crippen LogP contribution in [-0.2, 0) is 0 Å². The summed E-state index contributed by atoms with van der Waals surface area (Å²) < 4.78 is 5.57. The van der Waals surface area contributed by atoms with Crippen molar-refractivity contribution in [1.82, 2.24) is 0 Å². The minimum Gasteiger partial charge on any atom is -0.485 e. The Kier molecular flexibility index (Phi) is 6.12. The third-order valence-corrected chi connectivity index (χ3v) is 4.67. The molecule has 1 amide bonds. The number of halogens is 1. The van der Waals surface area contributed by atoms with Gasteiger partial charge in [0.15, 0.2) is 12.4 Å². The number of carbonyl (C=O) groups excluding carboxylic acids is 2. The second kappa shape index (κ2) is 8.72. The minimum atomic E-state index is -0.227. The third-order valence-electron chi connectivity index (χ3n) is 4.42. The summed E-state index contributed by atoms with van der Waals surface area (Å²) in [5, 5.41) is 3.38. The molecular weight excluding hydrogens is 374 g/mol. The highest BCUT2D eigenvalue weighted by molar-refractivity contribution is 6.30. The number of rotatable bonds is 6. The van der Waals surface area contributed by atoms with Crippen LogP contribution in [0.2, 0.25) is 5.02 Å². The largest absolute Gasteiger partial charge is 0.485 e. The highest BCUT2D eigenvalue weighted by atomic mass is 35.5. The molecule has 142 valence electrons. The van der Waals surface area contributed by atoms with Gasteiger partial charge in [-0.05, 0) is 79.6 Å². The molecule has 28 heavy (non-hydrogen) atoms. The van der Waals surface area contributed by atoms with Crippen LogP contribution in [0.25, 0.3) is 0 Å². The van der Waals surface area contributed by atoms with Crippen LogP contribution in [0.15, 0.2) is 66.7 Å². The molecule has 3 rings (SSSR count). The van der Waals surface area contributed by atoms with E-state index in [-0.39, 0.29) is 18.3 Å². The lowest BCUT2D eigenvalue weighted by molar-refractivity contribution is 0.0921. The number of ether oxygens (including phenoxy) is 1. The van der Waals surface area contributed by atoms with E-state index in [1.165, 1.54) is 0 Å². The molecule has 0 spiro atoms. The van der Waals surface area contributed by atoms with Crippen molar-refractivity contribution >= 4 is 29.0 Å². The maximum absolute atomic E-state index is 12.3. The van der Waals surface area contributed by atoms with Crippen LogP contribution in [0.5, 0.6) is 5.75 Å². The van der Waals surface area contributed by atoms with Crippen molar-refractivity contribution in [2.75, 3.05) is 11.9 Å². The van der Waals surface area contributed by atoms with E-state index in [1.54, 1.807) is 48.5 Å². The number of anilines is 1. The summed E-state index contributed by atoms with van der Waals surface area (Å²) in [7, 11) is 0. The summed E-state index contributed by atoms with van der Waals surface area (Å²) in [4.78, 5) is 24.5. The molecule has 0 aromatic heterocycles. The fourth-order valence-electron chi connectivity index (χ4n) is 2.59. The van der Waals surface area contributed by atoms with Crippen LogP contribution in [0, 0.1) is 13.8 Å². The zero-order chi connectivity index (χ0) is 20.1. The third kappa shape index (κ3) is 4.99. The number of Topliss-reactive ketones (excluding diaryl/α,β-unsaturated/α-hetero) is 1. The fourth-order valence-corrected chi connectivity index (χ4v) is 2.71. The average molecular weight is 394 g/mol. The van der Waals surface area contributed by atoms with Gasteiger partial charge in [0.1, 0.15) is 5.75 Å². The molecule has 3 aromatic carbocycles. The quantitative estimate of drug-likeness (QED) is 0.565. The zero-order valence-corrected chi connectivity index (χ0v) is 16.4. The number of aryl methyl sites for hydroxylation is 2. The van der Waals surface area contributed by atoms with Crippen LogP contribution in [0.3, 0.4) is 0 Å². The Morgan fingerprint density at radius 3 is 2.14 bits per heavy atom. The van der Waals surface area contributed by atoms with E-state index in [4.69, 9.17) is 16.3 Å². The summed E-state index contributed by atoms with van der Waals surface area (Å²) in [5.74, 6) is 0.250. The first-order valence-electron chi connectivity index (χ1n) is 8.82. The molecule has 0 unspecified atom stereocenters. The summed E-state index contributed by atoms with van der Waals surface area (Å²) in [5.41, 5.74) is 4.01. The van der Waals surface area contributed by atoms with Crippen molar-refractivity contribution < 1.29 is 14.3 Å². The van der Waals surface area contributed by atoms with Gasteiger partial charge in [-0.3, -0.25) is 9.59 Å². The molecule has 3 aromatic rings. The number of hydrogen-bond acceptors (Lipinski definition) is 3. The first-order chi connectivity index (χ1) is 13.4. The second-order valence-electron chi connectivity index (χ2n) is 6.50. The maximum Gasteiger partial charge on any atom is 0.255 e. The van der Waals surface area contributed by atoms with Gasteiger partial charge < -0.3 is 10.1 Å². The van der Waals surface area contributed by atoms with Crippen molar-refractivity contribution in [3.63, 3.8) is 0 Å². The van der Waals surface area contributed by atoms with Gasteiger partial charge in [0, 0.05) is 21.8 Å². The topological polar surface area (TPSA) is 55.4 Å². The van der Waals surface area contributed by atoms with E-state index in [9.17, 15) is 9.59 Å². The maximum atomic E-state index is 12.3. The minimum absolute atomic E-state index is 0.0427. The smallest absolute Gasteiger partial charge is 0.255 e. The van der Waals surface area contributed by atoms with E-state index in [0.717, 1.165) is 11.1 Å². The van der Waals surface area contributed by atoms with Gasteiger partial charge in [-0.2, -0.15) is 0 Å². The molecular formula is C23H20ClNO3. The summed E-state index contributed by atoms with van der Waals surface area (Å²) in [6.07, 6.45) is 0. The van der Waals surface area contributed by atoms with Gasteiger partial charge in [-0.1, -0.05) is 23.7 Å². The standard InChI is InChI=1S/C23H20ClNO3/c1-15-3-4-18(13-16(15)2)22(26)14-28-21-11-9-20(10-12-21)25-23(27)17-5-7-19(24)8-6-17/h3-13H,14H2,1-2H3,(H,25,27). The molecule has 5 heteroatoms. The van der Waals surface area contributed by atoms with Crippen LogP contribution >= 0.6 is 11.6 Å². The Bertz CT molecular complexity index is 995. The number of hydrogen-bond donors (Lipinski definition) is 1. The summed E-state index contributed by atoms with van der Waals surface area (Å²) in [6, 6.07) is 19.1. The van der Waals surface area contributed by atoms with Gasteiger partial charge in [-0.15, -0.1) is 0 Å². The summed E-state index contributed by atoms with van der Waals surface area (Å²) in [6.45, 7) is 3.94. The van der Waals surface area contributed by atoms with E-state index in [0.29, 0.717) is 27.6 Å². The Balaban J connectivity index is 1.56. The molecule has 0 saturated carbocycles. The monoisotopic (exact) mass is 393 g/mol. The van der Waals surface area contributed by atoms with Crippen molar-refractivity contribution in [3.8, 4) is 5.75 Å².